The zero-order chi connectivity index (χ0) is 50.0. The van der Waals surface area contributed by atoms with Gasteiger partial charge >= 0.3 is 17.9 Å². The smallest absolute Gasteiger partial charge is 0.306 e. The van der Waals surface area contributed by atoms with E-state index in [-0.39, 0.29) is 31.1 Å². The van der Waals surface area contributed by atoms with Crippen molar-refractivity contribution in [3.63, 3.8) is 0 Å². The van der Waals surface area contributed by atoms with Crippen LogP contribution in [0.5, 0.6) is 0 Å². The first kappa shape index (κ1) is 65.8. The first-order valence-corrected chi connectivity index (χ1v) is 29.4. The molecule has 6 nitrogen and oxygen atoms in total. The molecule has 69 heavy (non-hydrogen) atoms. The molecule has 0 aliphatic carbocycles. The number of rotatable bonds is 53. The Kier molecular flexibility index (Phi) is 54.8. The molecule has 0 aromatic rings. The highest BCUT2D eigenvalue weighted by Gasteiger charge is 2.19. The highest BCUT2D eigenvalue weighted by Crippen LogP contribution is 2.16. The van der Waals surface area contributed by atoms with Gasteiger partial charge in [-0.1, -0.05) is 254 Å². The van der Waals surface area contributed by atoms with Crippen molar-refractivity contribution in [1.82, 2.24) is 0 Å². The maximum Gasteiger partial charge on any atom is 0.306 e. The minimum Gasteiger partial charge on any atom is -0.462 e. The van der Waals surface area contributed by atoms with Crippen molar-refractivity contribution in [1.29, 1.82) is 0 Å². The number of ether oxygens (including phenoxy) is 3. The first-order valence-electron chi connectivity index (χ1n) is 29.4. The van der Waals surface area contributed by atoms with Crippen LogP contribution in [0, 0.1) is 0 Å². The lowest BCUT2D eigenvalue weighted by Gasteiger charge is -2.18. The third-order valence-electron chi connectivity index (χ3n) is 12.7. The predicted molar refractivity (Wildman–Crippen MR) is 298 cm³/mol. The largest absolute Gasteiger partial charge is 0.462 e. The summed E-state index contributed by atoms with van der Waals surface area (Å²) in [6.45, 7) is 6.43. The van der Waals surface area contributed by atoms with Gasteiger partial charge in [-0.05, 0) is 89.9 Å². The van der Waals surface area contributed by atoms with Crippen molar-refractivity contribution >= 4 is 17.9 Å². The molecular formula is C63H110O6. The van der Waals surface area contributed by atoms with Crippen LogP contribution in [-0.2, 0) is 28.6 Å². The topological polar surface area (TPSA) is 78.9 Å². The monoisotopic (exact) mass is 963 g/mol. The third-order valence-corrected chi connectivity index (χ3v) is 12.7. The molecule has 398 valence electrons. The van der Waals surface area contributed by atoms with Crippen molar-refractivity contribution in [3.8, 4) is 0 Å². The average molecular weight is 964 g/mol. The molecule has 0 N–H and O–H groups in total. The second-order valence-electron chi connectivity index (χ2n) is 19.5. The molecule has 1 atom stereocenters. The zero-order valence-electron chi connectivity index (χ0n) is 45.6. The zero-order valence-corrected chi connectivity index (χ0v) is 45.6. The van der Waals surface area contributed by atoms with Crippen LogP contribution in [0.15, 0.2) is 72.9 Å². The van der Waals surface area contributed by atoms with Crippen molar-refractivity contribution in [2.24, 2.45) is 0 Å². The van der Waals surface area contributed by atoms with Crippen molar-refractivity contribution in [2.75, 3.05) is 13.2 Å². The Morgan fingerprint density at radius 2 is 0.565 bits per heavy atom. The molecule has 0 heterocycles. The minimum absolute atomic E-state index is 0.0754. The lowest BCUT2D eigenvalue weighted by Crippen LogP contribution is -2.30. The van der Waals surface area contributed by atoms with Crippen LogP contribution in [-0.4, -0.2) is 37.2 Å². The van der Waals surface area contributed by atoms with E-state index in [2.05, 4.69) is 93.7 Å². The van der Waals surface area contributed by atoms with Gasteiger partial charge < -0.3 is 14.2 Å². The summed E-state index contributed by atoms with van der Waals surface area (Å²) in [5, 5.41) is 0. The van der Waals surface area contributed by atoms with Gasteiger partial charge in [-0.2, -0.15) is 0 Å². The fourth-order valence-corrected chi connectivity index (χ4v) is 8.29. The normalized spacial score (nSPS) is 12.6. The summed E-state index contributed by atoms with van der Waals surface area (Å²) in [4.78, 5) is 37.7. The van der Waals surface area contributed by atoms with Crippen LogP contribution >= 0.6 is 0 Å². The number of hydrogen-bond acceptors (Lipinski definition) is 6. The molecule has 0 saturated carbocycles. The van der Waals surface area contributed by atoms with E-state index in [9.17, 15) is 14.4 Å². The van der Waals surface area contributed by atoms with E-state index in [1.807, 2.05) is 0 Å². The van der Waals surface area contributed by atoms with Crippen LogP contribution < -0.4 is 0 Å². The molecule has 0 rings (SSSR count). The SMILES string of the molecule is CC/C=C\C/C=C\C/C=C\C/C=C\C/C=C\CCCCCCCCCCCCCCCCCCCC(=O)OCC(COC(=O)CCCCCCC)OC(=O)CCCCCCC/C=C\CCCCCC. The summed E-state index contributed by atoms with van der Waals surface area (Å²) in [6.07, 6.45) is 73.9. The maximum absolute atomic E-state index is 12.7. The molecule has 0 amide bonds. The Balaban J connectivity index is 3.92. The standard InChI is InChI=1S/C63H110O6/c1-4-7-10-13-15-17-19-21-22-23-24-25-26-27-28-29-30-31-32-33-34-35-36-37-38-39-40-42-43-45-47-50-53-56-62(65)68-59-60(58-67-61(64)55-52-49-12-9-6-3)69-63(66)57-54-51-48-46-44-41-20-18-16-14-11-8-5-2/h7,10,15,17-18,20-22,24-25,27-28,60H,4-6,8-9,11-14,16,19,23,26,29-59H2,1-3H3/b10-7-,17-15-,20-18-,22-21-,25-24-,28-27-. The molecule has 0 aromatic heterocycles. The van der Waals surface area contributed by atoms with Gasteiger partial charge in [-0.15, -0.1) is 0 Å². The molecule has 0 radical (unpaired) electrons. The molecule has 6 heteroatoms. The molecular weight excluding hydrogens is 853 g/mol. The number of unbranched alkanes of at least 4 members (excludes halogenated alkanes) is 30. The minimum atomic E-state index is -0.772. The van der Waals surface area contributed by atoms with Gasteiger partial charge in [0, 0.05) is 19.3 Å². The first-order chi connectivity index (χ1) is 34.0. The summed E-state index contributed by atoms with van der Waals surface area (Å²) in [5.74, 6) is -0.891. The van der Waals surface area contributed by atoms with Gasteiger partial charge in [-0.3, -0.25) is 14.4 Å². The van der Waals surface area contributed by atoms with E-state index in [0.717, 1.165) is 109 Å². The predicted octanol–water partition coefficient (Wildman–Crippen LogP) is 19.8. The Hall–Kier alpha value is -3.15. The molecule has 0 saturated heterocycles. The molecule has 0 bridgehead atoms. The van der Waals surface area contributed by atoms with E-state index < -0.39 is 6.10 Å². The highest BCUT2D eigenvalue weighted by atomic mass is 16.6. The van der Waals surface area contributed by atoms with Gasteiger partial charge in [0.15, 0.2) is 6.10 Å². The maximum atomic E-state index is 12.7. The van der Waals surface area contributed by atoms with Crippen LogP contribution in [0.2, 0.25) is 0 Å². The van der Waals surface area contributed by atoms with Crippen LogP contribution in [0.4, 0.5) is 0 Å². The molecule has 0 aliphatic rings. The molecule has 0 aliphatic heterocycles. The van der Waals surface area contributed by atoms with Crippen molar-refractivity contribution in [3.05, 3.63) is 72.9 Å². The highest BCUT2D eigenvalue weighted by molar-refractivity contribution is 5.71. The molecule has 0 aromatic carbocycles. The Bertz CT molecular complexity index is 1290. The fourth-order valence-electron chi connectivity index (χ4n) is 8.29. The number of allylic oxidation sites excluding steroid dienone is 12. The summed E-state index contributed by atoms with van der Waals surface area (Å²) in [5.41, 5.74) is 0. The van der Waals surface area contributed by atoms with Crippen molar-refractivity contribution in [2.45, 2.75) is 297 Å². The fraction of sp³-hybridized carbons (Fsp3) is 0.762. The summed E-state index contributed by atoms with van der Waals surface area (Å²) in [7, 11) is 0. The quantitative estimate of drug-likeness (QED) is 0.0262. The second kappa shape index (κ2) is 57.4. The van der Waals surface area contributed by atoms with Crippen molar-refractivity contribution < 1.29 is 28.6 Å². The van der Waals surface area contributed by atoms with Gasteiger partial charge in [0.25, 0.3) is 0 Å². The van der Waals surface area contributed by atoms with E-state index in [4.69, 9.17) is 14.2 Å². The summed E-state index contributed by atoms with van der Waals surface area (Å²) < 4.78 is 16.7. The van der Waals surface area contributed by atoms with E-state index in [0.29, 0.717) is 19.3 Å². The molecule has 1 unspecified atom stereocenters. The third kappa shape index (κ3) is 55.6. The van der Waals surface area contributed by atoms with Gasteiger partial charge in [0.2, 0.25) is 0 Å². The Morgan fingerprint density at radius 1 is 0.304 bits per heavy atom. The van der Waals surface area contributed by atoms with Crippen LogP contribution in [0.25, 0.3) is 0 Å². The van der Waals surface area contributed by atoms with Crippen LogP contribution in [0.3, 0.4) is 0 Å². The molecule has 0 fully saturated rings. The Morgan fingerprint density at radius 3 is 0.913 bits per heavy atom. The summed E-state index contributed by atoms with van der Waals surface area (Å²) in [6, 6.07) is 0. The van der Waals surface area contributed by atoms with Gasteiger partial charge in [-0.25, -0.2) is 0 Å². The number of esters is 3. The van der Waals surface area contributed by atoms with Crippen LogP contribution in [0.1, 0.15) is 290 Å². The van der Waals surface area contributed by atoms with E-state index in [1.165, 1.54) is 141 Å². The Labute approximate surface area is 427 Å². The number of carbonyl (C=O) groups is 3. The summed E-state index contributed by atoms with van der Waals surface area (Å²) >= 11 is 0. The molecule has 0 spiro atoms. The lowest BCUT2D eigenvalue weighted by molar-refractivity contribution is -0.167. The average Bonchev–Trinajstić information content (AvgIpc) is 3.35. The van der Waals surface area contributed by atoms with E-state index >= 15 is 0 Å². The number of hydrogen-bond donors (Lipinski definition) is 0. The van der Waals surface area contributed by atoms with Gasteiger partial charge in [0.05, 0.1) is 0 Å². The lowest BCUT2D eigenvalue weighted by atomic mass is 10.0. The number of carbonyl (C=O) groups excluding carboxylic acids is 3. The second-order valence-corrected chi connectivity index (χ2v) is 19.5. The van der Waals surface area contributed by atoms with E-state index in [1.54, 1.807) is 0 Å². The van der Waals surface area contributed by atoms with Gasteiger partial charge in [0.1, 0.15) is 13.2 Å².